The number of hydrogen-bond acceptors (Lipinski definition) is 8. The van der Waals surface area contributed by atoms with E-state index in [9.17, 15) is 24.3 Å². The quantitative estimate of drug-likeness (QED) is 0.525. The highest BCUT2D eigenvalue weighted by atomic mass is 16.7. The van der Waals surface area contributed by atoms with Crippen molar-refractivity contribution in [2.75, 3.05) is 5.32 Å². The van der Waals surface area contributed by atoms with Crippen LogP contribution in [0.5, 0.6) is 5.88 Å². The number of pyridine rings is 1. The minimum Gasteiger partial charge on any atom is -0.494 e. The average Bonchev–Trinajstić information content (AvgIpc) is 3.08. The maximum atomic E-state index is 13.4. The van der Waals surface area contributed by atoms with Crippen LogP contribution in [0.2, 0.25) is 0 Å². The van der Waals surface area contributed by atoms with Crippen molar-refractivity contribution in [2.45, 2.75) is 70.0 Å². The van der Waals surface area contributed by atoms with Gasteiger partial charge in [-0.15, -0.1) is 5.06 Å². The number of aromatic nitrogens is 1. The van der Waals surface area contributed by atoms with Gasteiger partial charge in [0.15, 0.2) is 0 Å². The second-order valence-electron chi connectivity index (χ2n) is 9.70. The molecule has 2 aliphatic heterocycles. The van der Waals surface area contributed by atoms with Crippen molar-refractivity contribution in [2.24, 2.45) is 4.99 Å². The Morgan fingerprint density at radius 3 is 2.58 bits per heavy atom. The molecule has 10 heteroatoms. The predicted molar refractivity (Wildman–Crippen MR) is 130 cm³/mol. The molecule has 2 amide bonds. The predicted octanol–water partition coefficient (Wildman–Crippen LogP) is 2.32. The van der Waals surface area contributed by atoms with Crippen LogP contribution in [-0.2, 0) is 25.8 Å². The Kier molecular flexibility index (Phi) is 5.39. The van der Waals surface area contributed by atoms with Gasteiger partial charge < -0.3 is 15.3 Å². The minimum absolute atomic E-state index is 0.0235. The first kappa shape index (κ1) is 22.5. The van der Waals surface area contributed by atoms with Gasteiger partial charge in [0.1, 0.15) is 0 Å². The van der Waals surface area contributed by atoms with Crippen molar-refractivity contribution in [1.29, 1.82) is 0 Å². The van der Waals surface area contributed by atoms with E-state index in [1.807, 2.05) is 12.1 Å². The molecule has 3 aromatic rings. The van der Waals surface area contributed by atoms with Crippen LogP contribution in [0.3, 0.4) is 0 Å². The van der Waals surface area contributed by atoms with Crippen molar-refractivity contribution in [3.05, 3.63) is 40.0 Å². The van der Waals surface area contributed by atoms with Crippen LogP contribution in [0.4, 0.5) is 5.69 Å². The van der Waals surface area contributed by atoms with Gasteiger partial charge in [0.25, 0.3) is 17.4 Å². The van der Waals surface area contributed by atoms with E-state index in [2.05, 4.69) is 5.32 Å². The molecule has 1 aliphatic carbocycles. The van der Waals surface area contributed by atoms with Crippen molar-refractivity contribution >= 4 is 45.0 Å². The van der Waals surface area contributed by atoms with Gasteiger partial charge in [-0.1, -0.05) is 12.8 Å². The second-order valence-corrected chi connectivity index (χ2v) is 9.70. The smallest absolute Gasteiger partial charge is 0.333 e. The highest BCUT2D eigenvalue weighted by Gasteiger charge is 2.33. The third kappa shape index (κ3) is 3.59. The van der Waals surface area contributed by atoms with Gasteiger partial charge in [-0.2, -0.15) is 0 Å². The number of amides is 2. The third-order valence-electron chi connectivity index (χ3n) is 7.45. The summed E-state index contributed by atoms with van der Waals surface area (Å²) in [5.74, 6) is -2.00. The molecule has 2 fully saturated rings. The average molecular weight is 491 g/mol. The number of hydrogen-bond donors (Lipinski definition) is 2. The zero-order chi connectivity index (χ0) is 25.0. The molecule has 0 bridgehead atoms. The summed E-state index contributed by atoms with van der Waals surface area (Å²) in [6, 6.07) is 7.82. The number of carbonyl (C=O) groups is 3. The largest absolute Gasteiger partial charge is 0.494 e. The molecule has 2 atom stereocenters. The molecule has 2 aromatic carbocycles. The summed E-state index contributed by atoms with van der Waals surface area (Å²) in [6.07, 6.45) is 4.48. The standard InChI is InChI=1S/C26H26N4O6/c31-20-11-12-21(32)30(20)36-22(33)6-3-13-29-25(34)14-7-9-18-24-19(10-8-15(23(14)24)26(29)35)28-17-5-2-1-4-16(17)27-18/h7-10,16-17,27,35H,1-6,11-13H2. The molecule has 1 saturated carbocycles. The van der Waals surface area contributed by atoms with Crippen LogP contribution < -0.4 is 16.2 Å². The molecule has 6 rings (SSSR count). The van der Waals surface area contributed by atoms with E-state index in [0.29, 0.717) is 21.2 Å². The Labute approximate surface area is 205 Å². The monoisotopic (exact) mass is 490 g/mol. The number of benzene rings is 2. The number of aromatic hydroxyl groups is 1. The van der Waals surface area contributed by atoms with E-state index in [-0.39, 0.29) is 55.8 Å². The van der Waals surface area contributed by atoms with E-state index >= 15 is 0 Å². The molecule has 3 heterocycles. The van der Waals surface area contributed by atoms with Gasteiger partial charge in [-0.25, -0.2) is 4.79 Å². The van der Waals surface area contributed by atoms with Crippen LogP contribution >= 0.6 is 0 Å². The minimum atomic E-state index is -0.744. The molecule has 1 aromatic heterocycles. The van der Waals surface area contributed by atoms with E-state index in [4.69, 9.17) is 9.83 Å². The first-order valence-electron chi connectivity index (χ1n) is 12.4. The van der Waals surface area contributed by atoms with E-state index in [0.717, 1.165) is 42.1 Å². The number of carbonyl (C=O) groups excluding carboxylic acids is 3. The lowest BCUT2D eigenvalue weighted by Crippen LogP contribution is -2.35. The van der Waals surface area contributed by atoms with Gasteiger partial charge in [-0.3, -0.25) is 23.9 Å². The molecule has 36 heavy (non-hydrogen) atoms. The highest BCUT2D eigenvalue weighted by molar-refractivity contribution is 6.15. The van der Waals surface area contributed by atoms with Crippen LogP contribution in [0, 0.1) is 0 Å². The summed E-state index contributed by atoms with van der Waals surface area (Å²) in [5, 5.41) is 18.6. The second kappa shape index (κ2) is 8.61. The van der Waals surface area contributed by atoms with Crippen LogP contribution in [0.1, 0.15) is 51.4 Å². The van der Waals surface area contributed by atoms with E-state index in [1.54, 1.807) is 12.1 Å². The molecule has 10 nitrogen and oxygen atoms in total. The number of imide groups is 1. The fourth-order valence-electron chi connectivity index (χ4n) is 5.66. The Morgan fingerprint density at radius 2 is 1.78 bits per heavy atom. The number of hydroxylamine groups is 2. The number of fused-ring (bicyclic) bond motifs is 1. The zero-order valence-corrected chi connectivity index (χ0v) is 19.7. The van der Waals surface area contributed by atoms with Crippen LogP contribution in [0.15, 0.2) is 34.1 Å². The summed E-state index contributed by atoms with van der Waals surface area (Å²) in [4.78, 5) is 58.7. The molecule has 0 spiro atoms. The fourth-order valence-corrected chi connectivity index (χ4v) is 5.66. The number of rotatable bonds is 5. The SMILES string of the molecule is O=C(CCCn1c(O)c2ccc3c4c(ccc(c1=O)c24)NC1CCCCC1N=3)ON1C(=O)CCC1=O. The van der Waals surface area contributed by atoms with Crippen LogP contribution in [-0.4, -0.2) is 44.6 Å². The number of nitrogens with zero attached hydrogens (tertiary/aromatic N) is 3. The van der Waals surface area contributed by atoms with Gasteiger partial charge in [0, 0.05) is 59.1 Å². The van der Waals surface area contributed by atoms with E-state index < -0.39 is 17.8 Å². The molecule has 186 valence electrons. The lowest BCUT2D eigenvalue weighted by Gasteiger charge is -2.29. The van der Waals surface area contributed by atoms with Crippen molar-refractivity contribution in [3.63, 3.8) is 0 Å². The zero-order valence-electron chi connectivity index (χ0n) is 19.7. The number of anilines is 1. The van der Waals surface area contributed by atoms with Gasteiger partial charge in [-0.05, 0) is 43.5 Å². The first-order valence-corrected chi connectivity index (χ1v) is 12.4. The van der Waals surface area contributed by atoms with Crippen molar-refractivity contribution in [1.82, 2.24) is 9.63 Å². The molecule has 2 unspecified atom stereocenters. The Morgan fingerprint density at radius 1 is 1.03 bits per heavy atom. The first-order chi connectivity index (χ1) is 17.4. The highest BCUT2D eigenvalue weighted by Crippen LogP contribution is 2.36. The Balaban J connectivity index is 1.31. The Bertz CT molecular complexity index is 1530. The summed E-state index contributed by atoms with van der Waals surface area (Å²) in [6.45, 7) is 0.0683. The molecule has 0 radical (unpaired) electrons. The van der Waals surface area contributed by atoms with Crippen molar-refractivity contribution < 1.29 is 24.3 Å². The fraction of sp³-hybridized carbons (Fsp3) is 0.423. The third-order valence-corrected chi connectivity index (χ3v) is 7.45. The number of nitrogens with one attached hydrogen (secondary N) is 1. The van der Waals surface area contributed by atoms with Gasteiger partial charge in [0.2, 0.25) is 5.88 Å². The summed E-state index contributed by atoms with van der Waals surface area (Å²) < 4.78 is 1.25. The van der Waals surface area contributed by atoms with Gasteiger partial charge in [0.05, 0.1) is 11.4 Å². The summed E-state index contributed by atoms with van der Waals surface area (Å²) in [7, 11) is 0. The van der Waals surface area contributed by atoms with Crippen molar-refractivity contribution in [3.8, 4) is 5.88 Å². The Hall–Kier alpha value is -3.95. The molecular formula is C26H26N4O6. The molecule has 2 N–H and O–H groups in total. The maximum absolute atomic E-state index is 13.4. The van der Waals surface area contributed by atoms with Crippen LogP contribution in [0.25, 0.3) is 21.5 Å². The molecule has 1 saturated heterocycles. The molecule has 3 aliphatic rings. The lowest BCUT2D eigenvalue weighted by atomic mass is 9.91. The van der Waals surface area contributed by atoms with E-state index in [1.165, 1.54) is 4.57 Å². The maximum Gasteiger partial charge on any atom is 0.333 e. The summed E-state index contributed by atoms with van der Waals surface area (Å²) in [5.41, 5.74) is 0.565. The lowest BCUT2D eigenvalue weighted by molar-refractivity contribution is -0.197. The normalized spacial score (nSPS) is 21.3. The molecular weight excluding hydrogens is 464 g/mol. The van der Waals surface area contributed by atoms with Gasteiger partial charge >= 0.3 is 5.97 Å². The summed E-state index contributed by atoms with van der Waals surface area (Å²) >= 11 is 0. The topological polar surface area (TPSA) is 130 Å².